The predicted octanol–water partition coefficient (Wildman–Crippen LogP) is -0.526. The Morgan fingerprint density at radius 1 is 1.23 bits per heavy atom. The molecule has 0 aliphatic carbocycles. The zero-order valence-electron chi connectivity index (χ0n) is 14.0. The maximum Gasteiger partial charge on any atom is 0.262 e. The van der Waals surface area contributed by atoms with E-state index in [0.717, 1.165) is 4.90 Å². The van der Waals surface area contributed by atoms with Gasteiger partial charge in [-0.05, 0) is 24.1 Å². The molecule has 0 spiro atoms. The van der Waals surface area contributed by atoms with Crippen LogP contribution < -0.4 is 16.4 Å². The number of benzene rings is 1. The first kappa shape index (κ1) is 18.2. The van der Waals surface area contributed by atoms with E-state index in [-0.39, 0.29) is 37.1 Å². The van der Waals surface area contributed by atoms with Crippen LogP contribution in [0, 0.1) is 0 Å². The van der Waals surface area contributed by atoms with Gasteiger partial charge >= 0.3 is 0 Å². The number of hydrogen-bond acceptors (Lipinski definition) is 6. The molecular weight excluding hydrogens is 343 g/mol. The van der Waals surface area contributed by atoms with Crippen molar-refractivity contribution in [1.82, 2.24) is 15.5 Å². The Kier molecular flexibility index (Phi) is 5.10. The van der Waals surface area contributed by atoms with Crippen LogP contribution in [0.4, 0.5) is 4.39 Å². The molecule has 0 radical (unpaired) electrons. The predicted molar refractivity (Wildman–Crippen MR) is 88.8 cm³/mol. The molecule has 2 atom stereocenters. The molecule has 1 aromatic rings. The highest BCUT2D eigenvalue weighted by Crippen LogP contribution is 2.28. The summed E-state index contributed by atoms with van der Waals surface area (Å²) in [5.74, 6) is -2.18. The lowest BCUT2D eigenvalue weighted by molar-refractivity contribution is -0.136. The number of alkyl halides is 1. The number of halogens is 1. The molecule has 1 aromatic carbocycles. The van der Waals surface area contributed by atoms with Crippen molar-refractivity contribution in [2.24, 2.45) is 5.73 Å². The monoisotopic (exact) mass is 362 g/mol. The zero-order valence-corrected chi connectivity index (χ0v) is 14.0. The molecule has 1 fully saturated rings. The molecule has 2 aliphatic heterocycles. The van der Waals surface area contributed by atoms with Crippen LogP contribution in [0.25, 0.3) is 0 Å². The number of rotatable bonds is 6. The highest BCUT2D eigenvalue weighted by molar-refractivity contribution is 6.23. The van der Waals surface area contributed by atoms with E-state index >= 15 is 0 Å². The van der Waals surface area contributed by atoms with E-state index in [1.165, 1.54) is 6.07 Å². The Morgan fingerprint density at radius 3 is 2.65 bits per heavy atom. The fourth-order valence-electron chi connectivity index (χ4n) is 3.08. The number of amides is 4. The van der Waals surface area contributed by atoms with Gasteiger partial charge in [-0.1, -0.05) is 6.07 Å². The van der Waals surface area contributed by atoms with Crippen LogP contribution in [0.5, 0.6) is 0 Å². The number of nitrogens with one attached hydrogen (secondary N) is 2. The second-order valence-electron chi connectivity index (χ2n) is 6.29. The van der Waals surface area contributed by atoms with E-state index in [0.29, 0.717) is 12.1 Å². The Balaban J connectivity index is 1.75. The van der Waals surface area contributed by atoms with Gasteiger partial charge in [-0.25, -0.2) is 4.39 Å². The van der Waals surface area contributed by atoms with Crippen LogP contribution in [0.15, 0.2) is 18.2 Å². The number of imide groups is 2. The minimum Gasteiger partial charge on any atom is -0.328 e. The van der Waals surface area contributed by atoms with Crippen molar-refractivity contribution < 1.29 is 23.6 Å². The van der Waals surface area contributed by atoms with Crippen LogP contribution >= 0.6 is 0 Å². The van der Waals surface area contributed by atoms with Gasteiger partial charge < -0.3 is 11.1 Å². The molecule has 0 saturated carbocycles. The van der Waals surface area contributed by atoms with Crippen molar-refractivity contribution in [3.63, 3.8) is 0 Å². The molecule has 2 unspecified atom stereocenters. The van der Waals surface area contributed by atoms with E-state index in [2.05, 4.69) is 10.6 Å². The summed E-state index contributed by atoms with van der Waals surface area (Å²) in [6.07, 6.45) is -0.970. The fourth-order valence-corrected chi connectivity index (χ4v) is 3.08. The Labute approximate surface area is 148 Å². The topological polar surface area (TPSA) is 122 Å². The maximum absolute atomic E-state index is 13.1. The SMILES string of the molecule is NCC(F)CNCc1ccc2c(c1)C(=O)N(C1CCC(=O)NC1=O)C2=O. The maximum atomic E-state index is 13.1. The molecule has 0 aromatic heterocycles. The summed E-state index contributed by atoms with van der Waals surface area (Å²) in [6.45, 7) is 0.321. The third-order valence-electron chi connectivity index (χ3n) is 4.45. The van der Waals surface area contributed by atoms with Crippen molar-refractivity contribution in [3.8, 4) is 0 Å². The van der Waals surface area contributed by atoms with Crippen LogP contribution in [0.2, 0.25) is 0 Å². The summed E-state index contributed by atoms with van der Waals surface area (Å²) < 4.78 is 13.1. The van der Waals surface area contributed by atoms with Gasteiger partial charge in [-0.15, -0.1) is 0 Å². The molecule has 138 valence electrons. The second kappa shape index (κ2) is 7.30. The molecule has 2 aliphatic rings. The van der Waals surface area contributed by atoms with Gasteiger partial charge in [0.25, 0.3) is 11.8 Å². The van der Waals surface area contributed by atoms with E-state index in [1.54, 1.807) is 12.1 Å². The molecule has 1 saturated heterocycles. The normalized spacial score (nSPS) is 21.0. The minimum absolute atomic E-state index is 0.0739. The Hall–Kier alpha value is -2.65. The van der Waals surface area contributed by atoms with Gasteiger partial charge in [0, 0.05) is 26.1 Å². The summed E-state index contributed by atoms with van der Waals surface area (Å²) in [5.41, 5.74) is 6.34. The average Bonchev–Trinajstić information content (AvgIpc) is 2.86. The quantitative estimate of drug-likeness (QED) is 0.585. The molecule has 3 rings (SSSR count). The number of hydrogen-bond donors (Lipinski definition) is 3. The van der Waals surface area contributed by atoms with Crippen LogP contribution in [-0.2, 0) is 16.1 Å². The summed E-state index contributed by atoms with van der Waals surface area (Å²) in [7, 11) is 0. The zero-order chi connectivity index (χ0) is 18.8. The number of nitrogens with two attached hydrogens (primary N) is 1. The standard InChI is InChI=1S/C17H19FN4O4/c18-10(6-19)8-20-7-9-1-2-11-12(5-9)17(26)22(16(11)25)13-3-4-14(23)21-15(13)24/h1-2,5,10,13,20H,3-4,6-8,19H2,(H,21,23,24). The average molecular weight is 362 g/mol. The molecule has 9 heteroatoms. The lowest BCUT2D eigenvalue weighted by atomic mass is 10.0. The first-order valence-electron chi connectivity index (χ1n) is 8.31. The third-order valence-corrected chi connectivity index (χ3v) is 4.45. The summed E-state index contributed by atoms with van der Waals surface area (Å²) in [6, 6.07) is 3.76. The lowest BCUT2D eigenvalue weighted by Gasteiger charge is -2.27. The van der Waals surface area contributed by atoms with Gasteiger partial charge in [-0.3, -0.25) is 29.4 Å². The van der Waals surface area contributed by atoms with E-state index in [1.807, 2.05) is 0 Å². The van der Waals surface area contributed by atoms with Gasteiger partial charge in [-0.2, -0.15) is 0 Å². The largest absolute Gasteiger partial charge is 0.328 e. The number of carbonyl (C=O) groups is 4. The number of nitrogens with zero attached hydrogens (tertiary/aromatic N) is 1. The molecule has 26 heavy (non-hydrogen) atoms. The summed E-state index contributed by atoms with van der Waals surface area (Å²) in [5, 5.41) is 5.04. The number of fused-ring (bicyclic) bond motifs is 1. The van der Waals surface area contributed by atoms with Gasteiger partial charge in [0.1, 0.15) is 12.2 Å². The fraction of sp³-hybridized carbons (Fsp3) is 0.412. The van der Waals surface area contributed by atoms with Gasteiger partial charge in [0.05, 0.1) is 11.1 Å². The molecule has 0 bridgehead atoms. The van der Waals surface area contributed by atoms with Crippen LogP contribution in [0.1, 0.15) is 39.1 Å². The van der Waals surface area contributed by atoms with E-state index in [9.17, 15) is 23.6 Å². The van der Waals surface area contributed by atoms with Crippen molar-refractivity contribution in [2.75, 3.05) is 13.1 Å². The van der Waals surface area contributed by atoms with Crippen LogP contribution in [-0.4, -0.2) is 53.8 Å². The van der Waals surface area contributed by atoms with E-state index < -0.39 is 35.8 Å². The molecule has 4 amide bonds. The van der Waals surface area contributed by atoms with Crippen molar-refractivity contribution >= 4 is 23.6 Å². The van der Waals surface area contributed by atoms with Crippen molar-refractivity contribution in [3.05, 3.63) is 34.9 Å². The smallest absolute Gasteiger partial charge is 0.262 e. The molecular formula is C17H19FN4O4. The van der Waals surface area contributed by atoms with Gasteiger partial charge in [0.2, 0.25) is 11.8 Å². The first-order valence-corrected chi connectivity index (χ1v) is 8.31. The Morgan fingerprint density at radius 2 is 1.96 bits per heavy atom. The third kappa shape index (κ3) is 3.35. The summed E-state index contributed by atoms with van der Waals surface area (Å²) >= 11 is 0. The number of carbonyl (C=O) groups excluding carboxylic acids is 4. The number of piperidine rings is 1. The minimum atomic E-state index is -1.16. The van der Waals surface area contributed by atoms with Crippen LogP contribution in [0.3, 0.4) is 0 Å². The molecule has 2 heterocycles. The summed E-state index contributed by atoms with van der Waals surface area (Å²) in [4.78, 5) is 49.4. The second-order valence-corrected chi connectivity index (χ2v) is 6.29. The van der Waals surface area contributed by atoms with Gasteiger partial charge in [0.15, 0.2) is 0 Å². The van der Waals surface area contributed by atoms with Crippen molar-refractivity contribution in [2.45, 2.75) is 31.6 Å². The lowest BCUT2D eigenvalue weighted by Crippen LogP contribution is -2.54. The molecule has 8 nitrogen and oxygen atoms in total. The van der Waals surface area contributed by atoms with E-state index in [4.69, 9.17) is 5.73 Å². The Bertz CT molecular complexity index is 782. The first-order chi connectivity index (χ1) is 12.4. The highest BCUT2D eigenvalue weighted by Gasteiger charge is 2.44. The molecule has 4 N–H and O–H groups in total. The highest BCUT2D eigenvalue weighted by atomic mass is 19.1. The van der Waals surface area contributed by atoms with Crippen molar-refractivity contribution in [1.29, 1.82) is 0 Å².